The first kappa shape index (κ1) is 12.2. The van der Waals surface area contributed by atoms with Gasteiger partial charge in [0.1, 0.15) is 17.7 Å². The van der Waals surface area contributed by atoms with Crippen LogP contribution in [-0.4, -0.2) is 20.0 Å². The SMILES string of the molecule is Cc1cc(CNc2nc(Cl)ncc2[N+](=O)[O-])no1. The average molecular weight is 270 g/mol. The Morgan fingerprint density at radius 1 is 1.61 bits per heavy atom. The molecule has 94 valence electrons. The molecule has 2 aromatic rings. The number of anilines is 1. The molecule has 0 bridgehead atoms. The molecule has 0 aliphatic carbocycles. The second-order valence-electron chi connectivity index (χ2n) is 3.41. The summed E-state index contributed by atoms with van der Waals surface area (Å²) in [5, 5.41) is 17.2. The number of hydrogen-bond acceptors (Lipinski definition) is 7. The number of rotatable bonds is 4. The van der Waals surface area contributed by atoms with Crippen LogP contribution in [0.3, 0.4) is 0 Å². The first-order valence-corrected chi connectivity index (χ1v) is 5.27. The third kappa shape index (κ3) is 2.72. The zero-order valence-corrected chi connectivity index (χ0v) is 10.0. The third-order valence-corrected chi connectivity index (χ3v) is 2.23. The summed E-state index contributed by atoms with van der Waals surface area (Å²) in [5.74, 6) is 0.697. The van der Waals surface area contributed by atoms with Gasteiger partial charge in [-0.3, -0.25) is 10.1 Å². The third-order valence-electron chi connectivity index (χ3n) is 2.05. The van der Waals surface area contributed by atoms with Crippen molar-refractivity contribution >= 4 is 23.1 Å². The van der Waals surface area contributed by atoms with Gasteiger partial charge >= 0.3 is 5.69 Å². The molecule has 1 N–H and O–H groups in total. The van der Waals surface area contributed by atoms with Gasteiger partial charge in [-0.15, -0.1) is 0 Å². The summed E-state index contributed by atoms with van der Waals surface area (Å²) >= 11 is 5.59. The van der Waals surface area contributed by atoms with E-state index < -0.39 is 4.92 Å². The average Bonchev–Trinajstić information content (AvgIpc) is 2.72. The van der Waals surface area contributed by atoms with E-state index in [1.54, 1.807) is 13.0 Å². The zero-order valence-electron chi connectivity index (χ0n) is 9.25. The summed E-state index contributed by atoms with van der Waals surface area (Å²) in [6.07, 6.45) is 1.05. The van der Waals surface area contributed by atoms with E-state index in [0.29, 0.717) is 11.5 Å². The van der Waals surface area contributed by atoms with Gasteiger partial charge in [0.2, 0.25) is 11.1 Å². The quantitative estimate of drug-likeness (QED) is 0.513. The molecule has 0 radical (unpaired) electrons. The van der Waals surface area contributed by atoms with E-state index in [9.17, 15) is 10.1 Å². The van der Waals surface area contributed by atoms with E-state index in [1.807, 2.05) is 0 Å². The molecule has 0 saturated heterocycles. The summed E-state index contributed by atoms with van der Waals surface area (Å²) in [6.45, 7) is 1.99. The molecular weight excluding hydrogens is 262 g/mol. The summed E-state index contributed by atoms with van der Waals surface area (Å²) in [5.41, 5.74) is 0.358. The molecule has 2 aromatic heterocycles. The number of nitrogens with one attached hydrogen (secondary N) is 1. The molecule has 0 atom stereocenters. The molecule has 0 aromatic carbocycles. The topological polar surface area (TPSA) is 107 Å². The molecule has 2 heterocycles. The van der Waals surface area contributed by atoms with Gasteiger partial charge in [0.25, 0.3) is 0 Å². The summed E-state index contributed by atoms with van der Waals surface area (Å²) in [7, 11) is 0. The second kappa shape index (κ2) is 4.96. The summed E-state index contributed by atoms with van der Waals surface area (Å²) in [6, 6.07) is 1.71. The fraction of sp³-hybridized carbons (Fsp3) is 0.222. The van der Waals surface area contributed by atoms with Gasteiger partial charge in [-0.1, -0.05) is 5.16 Å². The van der Waals surface area contributed by atoms with E-state index in [-0.39, 0.29) is 23.3 Å². The molecule has 2 rings (SSSR count). The van der Waals surface area contributed by atoms with Crippen molar-refractivity contribution in [2.75, 3.05) is 5.32 Å². The van der Waals surface area contributed by atoms with E-state index in [1.165, 1.54) is 0 Å². The van der Waals surface area contributed by atoms with Gasteiger partial charge in [-0.2, -0.15) is 4.98 Å². The monoisotopic (exact) mass is 269 g/mol. The van der Waals surface area contributed by atoms with Crippen LogP contribution in [-0.2, 0) is 6.54 Å². The largest absolute Gasteiger partial charge is 0.361 e. The Balaban J connectivity index is 2.17. The predicted molar refractivity (Wildman–Crippen MR) is 62.3 cm³/mol. The smallest absolute Gasteiger partial charge is 0.329 e. The molecule has 0 amide bonds. The summed E-state index contributed by atoms with van der Waals surface area (Å²) in [4.78, 5) is 17.5. The number of aryl methyl sites for hydroxylation is 1. The number of halogens is 1. The molecule has 0 fully saturated rings. The van der Waals surface area contributed by atoms with Crippen LogP contribution in [0, 0.1) is 17.0 Å². The van der Waals surface area contributed by atoms with Crippen molar-refractivity contribution in [2.45, 2.75) is 13.5 Å². The van der Waals surface area contributed by atoms with E-state index >= 15 is 0 Å². The van der Waals surface area contributed by atoms with E-state index in [4.69, 9.17) is 16.1 Å². The van der Waals surface area contributed by atoms with Crippen molar-refractivity contribution < 1.29 is 9.45 Å². The van der Waals surface area contributed by atoms with Crippen molar-refractivity contribution in [3.05, 3.63) is 39.1 Å². The van der Waals surface area contributed by atoms with Crippen LogP contribution in [0.25, 0.3) is 0 Å². The highest BCUT2D eigenvalue weighted by molar-refractivity contribution is 6.28. The molecule has 8 nitrogen and oxygen atoms in total. The van der Waals surface area contributed by atoms with Crippen LogP contribution < -0.4 is 5.32 Å². The van der Waals surface area contributed by atoms with Crippen LogP contribution in [0.2, 0.25) is 5.28 Å². The molecule has 0 aliphatic rings. The molecule has 9 heteroatoms. The molecule has 0 saturated carbocycles. The Morgan fingerprint density at radius 2 is 2.39 bits per heavy atom. The first-order valence-electron chi connectivity index (χ1n) is 4.89. The van der Waals surface area contributed by atoms with Gasteiger partial charge in [0, 0.05) is 6.07 Å². The van der Waals surface area contributed by atoms with E-state index in [0.717, 1.165) is 6.20 Å². The van der Waals surface area contributed by atoms with Gasteiger partial charge < -0.3 is 9.84 Å². The normalized spacial score (nSPS) is 10.3. The highest BCUT2D eigenvalue weighted by Gasteiger charge is 2.16. The van der Waals surface area contributed by atoms with Crippen LogP contribution in [0.1, 0.15) is 11.5 Å². The van der Waals surface area contributed by atoms with Crippen molar-refractivity contribution in [1.82, 2.24) is 15.1 Å². The minimum absolute atomic E-state index is 0.0423. The number of hydrogen-bond donors (Lipinski definition) is 1. The van der Waals surface area contributed by atoms with Gasteiger partial charge in [-0.05, 0) is 18.5 Å². The Hall–Kier alpha value is -2.22. The lowest BCUT2D eigenvalue weighted by atomic mass is 10.3. The van der Waals surface area contributed by atoms with Crippen LogP contribution >= 0.6 is 11.6 Å². The van der Waals surface area contributed by atoms with Crippen molar-refractivity contribution in [3.8, 4) is 0 Å². The van der Waals surface area contributed by atoms with Gasteiger partial charge in [-0.25, -0.2) is 4.98 Å². The lowest BCUT2D eigenvalue weighted by Gasteiger charge is -2.03. The lowest BCUT2D eigenvalue weighted by molar-refractivity contribution is -0.384. The minimum atomic E-state index is -0.591. The first-order chi connectivity index (χ1) is 8.56. The Labute approximate surface area is 106 Å². The Morgan fingerprint density at radius 3 is 3.00 bits per heavy atom. The number of nitro groups is 1. The van der Waals surface area contributed by atoms with Crippen LogP contribution in [0.5, 0.6) is 0 Å². The molecule has 0 unspecified atom stereocenters. The number of nitrogens with zero attached hydrogens (tertiary/aromatic N) is 4. The standard InChI is InChI=1S/C9H8ClN5O3/c1-5-2-6(14-18-5)3-11-8-7(15(16)17)4-12-9(10)13-8/h2,4H,3H2,1H3,(H,11,12,13). The van der Waals surface area contributed by atoms with Gasteiger partial charge in [0.05, 0.1) is 11.5 Å². The molecular formula is C9H8ClN5O3. The van der Waals surface area contributed by atoms with Crippen molar-refractivity contribution in [1.29, 1.82) is 0 Å². The predicted octanol–water partition coefficient (Wildman–Crippen LogP) is 1.95. The molecule has 0 spiro atoms. The van der Waals surface area contributed by atoms with Crippen LogP contribution in [0.4, 0.5) is 11.5 Å². The van der Waals surface area contributed by atoms with Crippen molar-refractivity contribution in [2.24, 2.45) is 0 Å². The number of aromatic nitrogens is 3. The molecule has 0 aliphatic heterocycles. The van der Waals surface area contributed by atoms with Crippen molar-refractivity contribution in [3.63, 3.8) is 0 Å². The summed E-state index contributed by atoms with van der Waals surface area (Å²) < 4.78 is 4.87. The highest BCUT2D eigenvalue weighted by atomic mass is 35.5. The fourth-order valence-corrected chi connectivity index (χ4v) is 1.43. The van der Waals surface area contributed by atoms with Gasteiger partial charge in [0.15, 0.2) is 0 Å². The maximum atomic E-state index is 10.8. The Bertz CT molecular complexity index is 585. The maximum Gasteiger partial charge on any atom is 0.329 e. The van der Waals surface area contributed by atoms with E-state index in [2.05, 4.69) is 20.4 Å². The maximum absolute atomic E-state index is 10.8. The Kier molecular flexibility index (Phi) is 3.38. The zero-order chi connectivity index (χ0) is 13.1. The lowest BCUT2D eigenvalue weighted by Crippen LogP contribution is -2.05. The second-order valence-corrected chi connectivity index (χ2v) is 3.75. The highest BCUT2D eigenvalue weighted by Crippen LogP contribution is 2.22. The minimum Gasteiger partial charge on any atom is -0.361 e. The fourth-order valence-electron chi connectivity index (χ4n) is 1.29. The van der Waals surface area contributed by atoms with Crippen LogP contribution in [0.15, 0.2) is 16.8 Å². The molecule has 18 heavy (non-hydrogen) atoms.